The van der Waals surface area contributed by atoms with Gasteiger partial charge in [0.25, 0.3) is 0 Å². The molecular formula is C22H24P2Zr. The summed E-state index contributed by atoms with van der Waals surface area (Å²) in [5.74, 6) is 0. The molecule has 2 aromatic carbocycles. The Morgan fingerprint density at radius 1 is 0.640 bits per heavy atom. The van der Waals surface area contributed by atoms with Crippen LogP contribution < -0.4 is 0 Å². The monoisotopic (exact) mass is 440 g/mol. The summed E-state index contributed by atoms with van der Waals surface area (Å²) in [4.78, 5) is 0. The Morgan fingerprint density at radius 3 is 1.44 bits per heavy atom. The van der Waals surface area contributed by atoms with Gasteiger partial charge in [-0.2, -0.15) is 0 Å². The first-order valence-electron chi connectivity index (χ1n) is 8.78. The van der Waals surface area contributed by atoms with E-state index in [2.05, 4.69) is 87.3 Å². The standard InChI is InChI=1S/2C11H12P.Zr/c2*1-12(2)11-7-9-5-3-4-6-10(9)8-11;/h2*3-8H,1-2H3;. The van der Waals surface area contributed by atoms with E-state index < -0.39 is 23.2 Å². The minimum absolute atomic E-state index is 0.0149. The number of fused-ring (bicyclic) bond motifs is 2. The van der Waals surface area contributed by atoms with E-state index in [1.54, 1.807) is 21.8 Å². The second-order valence-electron chi connectivity index (χ2n) is 7.22. The van der Waals surface area contributed by atoms with E-state index in [4.69, 9.17) is 0 Å². The zero-order valence-electron chi connectivity index (χ0n) is 15.3. The van der Waals surface area contributed by atoms with Crippen molar-refractivity contribution in [2.45, 2.75) is 7.25 Å². The van der Waals surface area contributed by atoms with Crippen LogP contribution in [0.2, 0.25) is 0 Å². The molecular weight excluding hydrogens is 417 g/mol. The first-order valence-corrected chi connectivity index (χ1v) is 16.1. The van der Waals surface area contributed by atoms with Crippen LogP contribution in [0.5, 0.6) is 0 Å². The van der Waals surface area contributed by atoms with Crippen LogP contribution in [-0.4, -0.2) is 26.7 Å². The number of hydrogen-bond donors (Lipinski definition) is 0. The molecule has 4 rings (SSSR count). The minimum atomic E-state index is -0.689. The van der Waals surface area contributed by atoms with Gasteiger partial charge in [0.1, 0.15) is 0 Å². The molecule has 0 aromatic heterocycles. The van der Waals surface area contributed by atoms with Crippen molar-refractivity contribution in [2.75, 3.05) is 26.7 Å². The summed E-state index contributed by atoms with van der Waals surface area (Å²) in [5.41, 5.74) is 6.24. The Hall–Kier alpha value is -0.337. The van der Waals surface area contributed by atoms with Gasteiger partial charge >= 0.3 is 167 Å². The molecule has 3 heteroatoms. The van der Waals surface area contributed by atoms with Crippen molar-refractivity contribution < 1.29 is 23.2 Å². The zero-order chi connectivity index (χ0) is 17.6. The number of rotatable bonds is 4. The normalized spacial score (nSPS) is 21.2. The third-order valence-electron chi connectivity index (χ3n) is 5.18. The molecule has 0 amide bonds. The summed E-state index contributed by atoms with van der Waals surface area (Å²) in [5, 5.41) is 3.51. The van der Waals surface area contributed by atoms with Crippen LogP contribution in [0.3, 0.4) is 0 Å². The molecule has 0 spiro atoms. The molecule has 0 saturated carbocycles. The summed E-state index contributed by atoms with van der Waals surface area (Å²) in [6.45, 7) is 9.74. The Labute approximate surface area is 165 Å². The van der Waals surface area contributed by atoms with Gasteiger partial charge in [-0.25, -0.2) is 0 Å². The zero-order valence-corrected chi connectivity index (χ0v) is 19.6. The molecule has 25 heavy (non-hydrogen) atoms. The van der Waals surface area contributed by atoms with E-state index in [1.165, 1.54) is 11.1 Å². The summed E-state index contributed by atoms with van der Waals surface area (Å²) in [7, 11) is -0.0298. The molecule has 0 heterocycles. The van der Waals surface area contributed by atoms with E-state index in [0.717, 1.165) is 7.25 Å². The van der Waals surface area contributed by atoms with Gasteiger partial charge in [0.15, 0.2) is 0 Å². The van der Waals surface area contributed by atoms with Crippen LogP contribution in [0.15, 0.2) is 59.2 Å². The van der Waals surface area contributed by atoms with E-state index in [-0.39, 0.29) is 15.8 Å². The molecule has 2 unspecified atom stereocenters. The molecule has 2 atom stereocenters. The molecule has 0 bridgehead atoms. The maximum absolute atomic E-state index is 2.53. The Morgan fingerprint density at radius 2 is 1.04 bits per heavy atom. The van der Waals surface area contributed by atoms with Crippen molar-refractivity contribution in [3.05, 3.63) is 81.4 Å². The summed E-state index contributed by atoms with van der Waals surface area (Å²) in [6, 6.07) is 18.3. The topological polar surface area (TPSA) is 0 Å². The van der Waals surface area contributed by atoms with E-state index in [1.807, 2.05) is 0 Å². The van der Waals surface area contributed by atoms with Crippen molar-refractivity contribution in [3.63, 3.8) is 0 Å². The van der Waals surface area contributed by atoms with E-state index in [9.17, 15) is 0 Å². The van der Waals surface area contributed by atoms with Crippen LogP contribution in [0, 0.1) is 0 Å². The van der Waals surface area contributed by atoms with Crippen molar-refractivity contribution in [3.8, 4) is 0 Å². The molecule has 0 N–H and O–H groups in total. The maximum atomic E-state index is 2.53. The first-order chi connectivity index (χ1) is 12.1. The van der Waals surface area contributed by atoms with E-state index in [0.29, 0.717) is 0 Å². The van der Waals surface area contributed by atoms with Crippen LogP contribution in [0.1, 0.15) is 29.5 Å². The molecule has 126 valence electrons. The van der Waals surface area contributed by atoms with Gasteiger partial charge in [-0.15, -0.1) is 0 Å². The molecule has 0 nitrogen and oxygen atoms in total. The van der Waals surface area contributed by atoms with Gasteiger partial charge in [-0.1, -0.05) is 0 Å². The number of allylic oxidation sites excluding steroid dienone is 2. The SMILES string of the molecule is CP(C)C1=Cc2ccccc2[CH]1[Zr][CH]1C(P(C)C)=Cc2ccccc21. The number of benzene rings is 2. The van der Waals surface area contributed by atoms with E-state index >= 15 is 0 Å². The Bertz CT molecular complexity index is 792. The first kappa shape index (κ1) is 18.0. The average Bonchev–Trinajstić information content (AvgIpc) is 3.15. The molecule has 0 saturated heterocycles. The Balaban J connectivity index is 1.73. The molecule has 2 aliphatic carbocycles. The fourth-order valence-electron chi connectivity index (χ4n) is 3.91. The second-order valence-corrected chi connectivity index (χ2v) is 15.5. The second kappa shape index (κ2) is 7.35. The van der Waals surface area contributed by atoms with Gasteiger partial charge in [0.05, 0.1) is 0 Å². The average molecular weight is 442 g/mol. The van der Waals surface area contributed by atoms with Crippen LogP contribution in [0.25, 0.3) is 12.2 Å². The fraction of sp³-hybridized carbons (Fsp3) is 0.273. The van der Waals surface area contributed by atoms with Crippen LogP contribution in [0.4, 0.5) is 0 Å². The molecule has 2 aliphatic rings. The van der Waals surface area contributed by atoms with Gasteiger partial charge < -0.3 is 0 Å². The molecule has 0 fully saturated rings. The van der Waals surface area contributed by atoms with Gasteiger partial charge in [-0.05, 0) is 0 Å². The summed E-state index contributed by atoms with van der Waals surface area (Å²) >= 11 is -0.689. The molecule has 2 aromatic rings. The fourth-order valence-corrected chi connectivity index (χ4v) is 14.9. The Kier molecular flexibility index (Phi) is 5.31. The van der Waals surface area contributed by atoms with Crippen molar-refractivity contribution in [2.24, 2.45) is 0 Å². The van der Waals surface area contributed by atoms with Gasteiger partial charge in [0, 0.05) is 0 Å². The van der Waals surface area contributed by atoms with Crippen LogP contribution >= 0.6 is 15.8 Å². The van der Waals surface area contributed by atoms with Crippen LogP contribution in [-0.2, 0) is 23.2 Å². The summed E-state index contributed by atoms with van der Waals surface area (Å²) in [6.07, 6.45) is 5.05. The van der Waals surface area contributed by atoms with Gasteiger partial charge in [0.2, 0.25) is 0 Å². The van der Waals surface area contributed by atoms with Crippen molar-refractivity contribution >= 4 is 28.0 Å². The predicted molar refractivity (Wildman–Crippen MR) is 112 cm³/mol. The summed E-state index contributed by atoms with van der Waals surface area (Å²) < 4.78 is 1.52. The van der Waals surface area contributed by atoms with Gasteiger partial charge in [-0.3, -0.25) is 0 Å². The predicted octanol–water partition coefficient (Wildman–Crippen LogP) is 6.74. The molecule has 0 aliphatic heterocycles. The van der Waals surface area contributed by atoms with Crippen molar-refractivity contribution in [1.29, 1.82) is 0 Å². The molecule has 0 radical (unpaired) electrons. The third kappa shape index (κ3) is 3.34. The number of hydrogen-bond acceptors (Lipinski definition) is 0. The van der Waals surface area contributed by atoms with Crippen molar-refractivity contribution in [1.82, 2.24) is 0 Å². The quantitative estimate of drug-likeness (QED) is 0.461. The third-order valence-corrected chi connectivity index (χ3v) is 13.9.